The zero-order valence-electron chi connectivity index (χ0n) is 10.4. The van der Waals surface area contributed by atoms with E-state index in [0.29, 0.717) is 24.7 Å². The molecule has 0 radical (unpaired) electrons. The van der Waals surface area contributed by atoms with Crippen molar-refractivity contribution in [3.8, 4) is 11.4 Å². The summed E-state index contributed by atoms with van der Waals surface area (Å²) in [6.07, 6.45) is 0.494. The maximum atomic E-state index is 11.8. The molecule has 1 aliphatic rings. The Balaban J connectivity index is 1.87. The second kappa shape index (κ2) is 4.77. The highest BCUT2D eigenvalue weighted by atomic mass is 79.9. The summed E-state index contributed by atoms with van der Waals surface area (Å²) in [5, 5.41) is 7.01. The Hall–Kier alpha value is -1.69. The van der Waals surface area contributed by atoms with Gasteiger partial charge in [0.1, 0.15) is 0 Å². The Morgan fingerprint density at radius 2 is 2.11 bits per heavy atom. The molecule has 0 spiro atoms. The Labute approximate surface area is 119 Å². The first kappa shape index (κ1) is 12.3. The van der Waals surface area contributed by atoms with Gasteiger partial charge in [0, 0.05) is 23.4 Å². The molecule has 1 aromatic carbocycles. The van der Waals surface area contributed by atoms with Gasteiger partial charge in [-0.3, -0.25) is 14.8 Å². The van der Waals surface area contributed by atoms with Crippen LogP contribution in [0.5, 0.6) is 0 Å². The fourth-order valence-corrected chi connectivity index (χ4v) is 2.64. The molecule has 1 N–H and O–H groups in total. The van der Waals surface area contributed by atoms with Gasteiger partial charge in [-0.1, -0.05) is 45.8 Å². The lowest BCUT2D eigenvalue weighted by molar-refractivity contribution is -0.117. The molecule has 3 rings (SSSR count). The third-order valence-corrected chi connectivity index (χ3v) is 3.73. The van der Waals surface area contributed by atoms with E-state index < -0.39 is 0 Å². The smallest absolute Gasteiger partial charge is 0.251 e. The zero-order chi connectivity index (χ0) is 13.4. The molecule has 2 aromatic rings. The molecule has 2 heterocycles. The minimum Gasteiger partial charge on any atom is -0.278 e. The molecule has 0 aliphatic carbocycles. The normalized spacial score (nSPS) is 19.2. The van der Waals surface area contributed by atoms with E-state index in [9.17, 15) is 4.79 Å². The van der Waals surface area contributed by atoms with Crippen molar-refractivity contribution in [3.05, 3.63) is 29.8 Å². The molecule has 19 heavy (non-hydrogen) atoms. The Morgan fingerprint density at radius 3 is 2.74 bits per heavy atom. The minimum absolute atomic E-state index is 0.0522. The van der Waals surface area contributed by atoms with Crippen LogP contribution in [-0.2, 0) is 4.79 Å². The van der Waals surface area contributed by atoms with Gasteiger partial charge in [-0.15, -0.1) is 5.10 Å². The summed E-state index contributed by atoms with van der Waals surface area (Å²) in [6.45, 7) is 2.65. The highest BCUT2D eigenvalue weighted by Crippen LogP contribution is 2.24. The summed E-state index contributed by atoms with van der Waals surface area (Å²) in [5.41, 5.74) is 2.16. The van der Waals surface area contributed by atoms with Gasteiger partial charge in [0.05, 0.1) is 0 Å². The third-order valence-electron chi connectivity index (χ3n) is 3.12. The fourth-order valence-electron chi connectivity index (χ4n) is 2.07. The molecular weight excluding hydrogens is 308 g/mol. The predicted molar refractivity (Wildman–Crippen MR) is 76.2 cm³/mol. The fraction of sp³-hybridized carbons (Fsp3) is 0.308. The van der Waals surface area contributed by atoms with Gasteiger partial charge in [0.15, 0.2) is 5.82 Å². The largest absolute Gasteiger partial charge is 0.278 e. The topological polar surface area (TPSA) is 61.9 Å². The number of hydrogen-bond donors (Lipinski definition) is 1. The van der Waals surface area contributed by atoms with Crippen molar-refractivity contribution in [2.75, 3.05) is 11.4 Å². The number of aromatic nitrogens is 3. The highest BCUT2D eigenvalue weighted by molar-refractivity contribution is 9.09. The molecule has 1 aliphatic heterocycles. The minimum atomic E-state index is 0.0522. The Bertz CT molecular complexity index is 607. The second-order valence-corrected chi connectivity index (χ2v) is 5.95. The van der Waals surface area contributed by atoms with Crippen molar-refractivity contribution in [1.29, 1.82) is 0 Å². The summed E-state index contributed by atoms with van der Waals surface area (Å²) < 4.78 is 0. The number of anilines is 1. The van der Waals surface area contributed by atoms with E-state index in [1.165, 1.54) is 5.56 Å². The van der Waals surface area contributed by atoms with Gasteiger partial charge in [-0.2, -0.15) is 4.98 Å². The lowest BCUT2D eigenvalue weighted by Crippen LogP contribution is -2.25. The van der Waals surface area contributed by atoms with E-state index >= 15 is 0 Å². The van der Waals surface area contributed by atoms with Gasteiger partial charge < -0.3 is 0 Å². The maximum absolute atomic E-state index is 11.8. The average Bonchev–Trinajstić information content (AvgIpc) is 2.97. The number of aromatic amines is 1. The van der Waals surface area contributed by atoms with Crippen LogP contribution in [0, 0.1) is 6.92 Å². The SMILES string of the molecule is Cc1ccc(-c2nc(N3CC(Br)CC3=O)n[nH]2)cc1. The van der Waals surface area contributed by atoms with E-state index in [2.05, 4.69) is 31.1 Å². The number of carbonyl (C=O) groups excluding carboxylic acids is 1. The van der Waals surface area contributed by atoms with E-state index in [0.717, 1.165) is 5.56 Å². The Kier molecular flexibility index (Phi) is 3.10. The molecular formula is C13H13BrN4O. The van der Waals surface area contributed by atoms with Crippen LogP contribution in [0.4, 0.5) is 5.95 Å². The first-order valence-corrected chi connectivity index (χ1v) is 6.99. The predicted octanol–water partition coefficient (Wildman–Crippen LogP) is 2.28. The number of rotatable bonds is 2. The zero-order valence-corrected chi connectivity index (χ0v) is 12.0. The molecule has 1 amide bonds. The van der Waals surface area contributed by atoms with Crippen LogP contribution in [0.25, 0.3) is 11.4 Å². The molecule has 1 aromatic heterocycles. The van der Waals surface area contributed by atoms with Crippen LogP contribution in [-0.4, -0.2) is 32.5 Å². The van der Waals surface area contributed by atoms with Gasteiger partial charge in [0.25, 0.3) is 5.95 Å². The van der Waals surface area contributed by atoms with Crippen LogP contribution < -0.4 is 4.90 Å². The number of nitrogens with one attached hydrogen (secondary N) is 1. The highest BCUT2D eigenvalue weighted by Gasteiger charge is 2.31. The van der Waals surface area contributed by atoms with Crippen molar-refractivity contribution in [1.82, 2.24) is 15.2 Å². The molecule has 1 fully saturated rings. The number of amides is 1. The first-order chi connectivity index (χ1) is 9.13. The molecule has 0 bridgehead atoms. The summed E-state index contributed by atoms with van der Waals surface area (Å²) in [7, 11) is 0. The van der Waals surface area contributed by atoms with E-state index in [1.807, 2.05) is 31.2 Å². The van der Waals surface area contributed by atoms with Crippen LogP contribution in [0.1, 0.15) is 12.0 Å². The van der Waals surface area contributed by atoms with Crippen LogP contribution in [0.3, 0.4) is 0 Å². The number of benzene rings is 1. The summed E-state index contributed by atoms with van der Waals surface area (Å²) >= 11 is 3.45. The quantitative estimate of drug-likeness (QED) is 0.863. The van der Waals surface area contributed by atoms with Gasteiger partial charge in [-0.25, -0.2) is 0 Å². The van der Waals surface area contributed by atoms with Gasteiger partial charge >= 0.3 is 0 Å². The lowest BCUT2D eigenvalue weighted by Gasteiger charge is -2.09. The van der Waals surface area contributed by atoms with Crippen LogP contribution >= 0.6 is 15.9 Å². The summed E-state index contributed by atoms with van der Waals surface area (Å²) in [5.74, 6) is 1.18. The summed E-state index contributed by atoms with van der Waals surface area (Å²) in [4.78, 5) is 18.0. The van der Waals surface area contributed by atoms with Crippen molar-refractivity contribution in [2.24, 2.45) is 0 Å². The summed E-state index contributed by atoms with van der Waals surface area (Å²) in [6, 6.07) is 8.01. The number of aryl methyl sites for hydroxylation is 1. The molecule has 98 valence electrons. The number of hydrogen-bond acceptors (Lipinski definition) is 3. The molecule has 0 saturated carbocycles. The second-order valence-electron chi connectivity index (χ2n) is 4.66. The lowest BCUT2D eigenvalue weighted by atomic mass is 10.1. The van der Waals surface area contributed by atoms with Gasteiger partial charge in [-0.05, 0) is 6.92 Å². The van der Waals surface area contributed by atoms with Crippen molar-refractivity contribution >= 4 is 27.8 Å². The van der Waals surface area contributed by atoms with Crippen LogP contribution in [0.2, 0.25) is 0 Å². The number of alkyl halides is 1. The van der Waals surface area contributed by atoms with E-state index in [4.69, 9.17) is 0 Å². The van der Waals surface area contributed by atoms with Crippen molar-refractivity contribution in [3.63, 3.8) is 0 Å². The molecule has 1 atom stereocenters. The van der Waals surface area contributed by atoms with E-state index in [-0.39, 0.29) is 10.7 Å². The standard InChI is InChI=1S/C13H13BrN4O/c1-8-2-4-9(5-3-8)12-15-13(17-16-12)18-7-10(14)6-11(18)19/h2-5,10H,6-7H2,1H3,(H,15,16,17). The van der Waals surface area contributed by atoms with Crippen molar-refractivity contribution < 1.29 is 4.79 Å². The molecule has 6 heteroatoms. The molecule has 1 unspecified atom stereocenters. The maximum Gasteiger partial charge on any atom is 0.251 e. The number of carbonyl (C=O) groups is 1. The van der Waals surface area contributed by atoms with E-state index in [1.54, 1.807) is 4.90 Å². The van der Waals surface area contributed by atoms with Gasteiger partial charge in [0.2, 0.25) is 5.91 Å². The van der Waals surface area contributed by atoms with Crippen molar-refractivity contribution in [2.45, 2.75) is 18.2 Å². The number of nitrogens with zero attached hydrogens (tertiary/aromatic N) is 3. The molecule has 5 nitrogen and oxygen atoms in total. The monoisotopic (exact) mass is 320 g/mol. The number of H-pyrrole nitrogens is 1. The molecule has 1 saturated heterocycles. The first-order valence-electron chi connectivity index (χ1n) is 6.07. The van der Waals surface area contributed by atoms with Crippen LogP contribution in [0.15, 0.2) is 24.3 Å². The third kappa shape index (κ3) is 2.40. The Morgan fingerprint density at radius 1 is 1.37 bits per heavy atom. The average molecular weight is 321 g/mol. The number of halogens is 1.